The van der Waals surface area contributed by atoms with Crippen LogP contribution in [0.1, 0.15) is 116 Å². The van der Waals surface area contributed by atoms with E-state index in [1.807, 2.05) is 48.5 Å². The van der Waals surface area contributed by atoms with Gasteiger partial charge in [0, 0.05) is 23.9 Å². The van der Waals surface area contributed by atoms with Gasteiger partial charge in [-0.05, 0) is 73.6 Å². The minimum atomic E-state index is -0.669. The van der Waals surface area contributed by atoms with Crippen LogP contribution in [0.25, 0.3) is 22.1 Å². The summed E-state index contributed by atoms with van der Waals surface area (Å²) in [5.41, 5.74) is 4.97. The summed E-state index contributed by atoms with van der Waals surface area (Å²) < 4.78 is 0. The number of benzene rings is 2. The summed E-state index contributed by atoms with van der Waals surface area (Å²) in [5.74, 6) is 0.176. The molecule has 8 rings (SSSR count). The number of rotatable bonds is 9. The number of hydrogen-bond acceptors (Lipinski definition) is 6. The van der Waals surface area contributed by atoms with Crippen molar-refractivity contribution in [3.05, 3.63) is 71.3 Å². The number of aromatic nitrogens is 4. The first-order valence-corrected chi connectivity index (χ1v) is 18.0. The maximum absolute atomic E-state index is 14.1. The molecule has 0 spiro atoms. The van der Waals surface area contributed by atoms with E-state index in [1.54, 1.807) is 0 Å². The molecule has 2 N–H and O–H groups in total. The summed E-state index contributed by atoms with van der Waals surface area (Å²) in [4.78, 5) is 48.5. The van der Waals surface area contributed by atoms with Crippen molar-refractivity contribution in [3.63, 3.8) is 0 Å². The van der Waals surface area contributed by atoms with E-state index in [-0.39, 0.29) is 33.5 Å². The van der Waals surface area contributed by atoms with Crippen molar-refractivity contribution in [1.29, 1.82) is 0 Å². The van der Waals surface area contributed by atoms with Crippen LogP contribution < -0.4 is 10.6 Å². The third-order valence-corrected chi connectivity index (χ3v) is 14.3. The molecule has 2 amide bonds. The van der Waals surface area contributed by atoms with Crippen molar-refractivity contribution >= 4 is 33.9 Å². The summed E-state index contributed by atoms with van der Waals surface area (Å²) in [6.07, 6.45) is 7.24. The van der Waals surface area contributed by atoms with Crippen molar-refractivity contribution in [2.45, 2.75) is 115 Å². The predicted octanol–water partition coefficient (Wildman–Crippen LogP) is 6.72. The molecule has 0 radical (unpaired) electrons. The highest BCUT2D eigenvalue weighted by atomic mass is 16.2. The average Bonchev–Trinajstić information content (AvgIpc) is 3.54. The lowest BCUT2D eigenvalue weighted by Gasteiger charge is -2.39. The van der Waals surface area contributed by atoms with Gasteiger partial charge in [0.15, 0.2) is 0 Å². The van der Waals surface area contributed by atoms with Crippen molar-refractivity contribution in [2.75, 3.05) is 13.1 Å². The van der Waals surface area contributed by atoms with Gasteiger partial charge in [-0.15, -0.1) is 0 Å². The Morgan fingerprint density at radius 2 is 0.854 bits per heavy atom. The van der Waals surface area contributed by atoms with Gasteiger partial charge in [0.05, 0.1) is 55.7 Å². The number of carbonyl (C=O) groups excluding carboxylic acids is 2. The Kier molecular flexibility index (Phi) is 6.71. The fourth-order valence-electron chi connectivity index (χ4n) is 10.4. The lowest BCUT2D eigenvalue weighted by molar-refractivity contribution is -0.131. The number of hydrogen-bond donors (Lipinski definition) is 2. The Labute approximate surface area is 283 Å². The topological polar surface area (TPSA) is 110 Å². The second kappa shape index (κ2) is 10.3. The van der Waals surface area contributed by atoms with Gasteiger partial charge in [-0.3, -0.25) is 9.59 Å². The molecule has 4 atom stereocenters. The molecule has 0 saturated heterocycles. The minimum Gasteiger partial charge on any atom is -0.355 e. The Hall–Kier alpha value is -3.94. The molecular weight excluding hydrogens is 596 g/mol. The summed E-state index contributed by atoms with van der Waals surface area (Å²) in [5, 5.41) is 6.63. The maximum Gasteiger partial charge on any atom is 0.232 e. The van der Waals surface area contributed by atoms with E-state index in [0.717, 1.165) is 96.2 Å². The number of nitrogens with zero attached hydrogens (tertiary/aromatic N) is 4. The minimum absolute atomic E-state index is 0.0879. The van der Waals surface area contributed by atoms with Crippen molar-refractivity contribution < 1.29 is 9.59 Å². The van der Waals surface area contributed by atoms with Crippen LogP contribution in [-0.4, -0.2) is 44.8 Å². The molecule has 4 bridgehead atoms. The second-order valence-electron chi connectivity index (χ2n) is 16.5. The Morgan fingerprint density at radius 1 is 0.521 bits per heavy atom. The number of nitrogens with one attached hydrogen (secondary N) is 2. The monoisotopic (exact) mass is 644 g/mol. The molecule has 4 unspecified atom stereocenters. The first-order valence-electron chi connectivity index (χ1n) is 18.0. The lowest BCUT2D eigenvalue weighted by Crippen LogP contribution is -2.51. The second-order valence-corrected chi connectivity index (χ2v) is 16.5. The number of fused-ring (bicyclic) bond motifs is 12. The fourth-order valence-corrected chi connectivity index (χ4v) is 10.4. The van der Waals surface area contributed by atoms with Crippen LogP contribution in [0.3, 0.4) is 0 Å². The predicted molar refractivity (Wildman–Crippen MR) is 188 cm³/mol. The third kappa shape index (κ3) is 3.67. The van der Waals surface area contributed by atoms with E-state index in [4.69, 9.17) is 19.9 Å². The first kappa shape index (κ1) is 31.3. The van der Waals surface area contributed by atoms with Gasteiger partial charge in [-0.2, -0.15) is 0 Å². The van der Waals surface area contributed by atoms with E-state index in [0.29, 0.717) is 13.1 Å². The van der Waals surface area contributed by atoms with Crippen LogP contribution in [0.2, 0.25) is 0 Å². The number of carbonyl (C=O) groups is 2. The molecule has 2 fully saturated rings. The zero-order valence-electron chi connectivity index (χ0n) is 29.3. The van der Waals surface area contributed by atoms with Gasteiger partial charge >= 0.3 is 0 Å². The molecule has 2 aromatic carbocycles. The van der Waals surface area contributed by atoms with E-state index in [9.17, 15) is 9.59 Å². The first-order chi connectivity index (χ1) is 22.8. The molecule has 2 heterocycles. The summed E-state index contributed by atoms with van der Waals surface area (Å²) in [6, 6.07) is 16.0. The highest BCUT2D eigenvalue weighted by molar-refractivity contribution is 5.94. The molecule has 250 valence electrons. The smallest absolute Gasteiger partial charge is 0.232 e. The summed E-state index contributed by atoms with van der Waals surface area (Å²) in [6.45, 7) is 14.7. The van der Waals surface area contributed by atoms with Crippen LogP contribution in [-0.2, 0) is 31.2 Å². The Bertz CT molecular complexity index is 1860. The van der Waals surface area contributed by atoms with Crippen molar-refractivity contribution in [2.24, 2.45) is 10.8 Å². The fraction of sp³-hybridized carbons (Fsp3) is 0.550. The Balaban J connectivity index is 0.875. The SMILES string of the molecule is CC12CCC(C(=O)NCCCCCCNC(=O)C34CCC(C)(c5nc6ccccc6nc53)C4(C)C)(c3nc4ccccc4nc31)C2(C)C. The van der Waals surface area contributed by atoms with E-state index in [1.165, 1.54) is 0 Å². The molecule has 4 aromatic rings. The van der Waals surface area contributed by atoms with Crippen molar-refractivity contribution in [1.82, 2.24) is 30.6 Å². The number of para-hydroxylation sites is 4. The normalized spacial score (nSPS) is 30.0. The zero-order valence-corrected chi connectivity index (χ0v) is 29.3. The van der Waals surface area contributed by atoms with Gasteiger partial charge in [-0.1, -0.05) is 78.6 Å². The quantitative estimate of drug-likeness (QED) is 0.196. The molecule has 4 aliphatic carbocycles. The van der Waals surface area contributed by atoms with Gasteiger partial charge < -0.3 is 10.6 Å². The summed E-state index contributed by atoms with van der Waals surface area (Å²) >= 11 is 0. The molecule has 2 aromatic heterocycles. The molecule has 0 aliphatic heterocycles. The lowest BCUT2D eigenvalue weighted by atomic mass is 9.63. The third-order valence-electron chi connectivity index (χ3n) is 14.3. The summed E-state index contributed by atoms with van der Waals surface area (Å²) in [7, 11) is 0. The van der Waals surface area contributed by atoms with Gasteiger partial charge in [0.25, 0.3) is 0 Å². The number of amides is 2. The van der Waals surface area contributed by atoms with E-state index < -0.39 is 10.8 Å². The van der Waals surface area contributed by atoms with E-state index in [2.05, 4.69) is 52.2 Å². The zero-order chi connectivity index (χ0) is 33.7. The molecular formula is C40H48N6O2. The van der Waals surface area contributed by atoms with E-state index >= 15 is 0 Å². The van der Waals surface area contributed by atoms with Crippen LogP contribution in [0.5, 0.6) is 0 Å². The maximum atomic E-state index is 14.1. The molecule has 48 heavy (non-hydrogen) atoms. The van der Waals surface area contributed by atoms with Crippen LogP contribution >= 0.6 is 0 Å². The van der Waals surface area contributed by atoms with Crippen LogP contribution in [0.4, 0.5) is 0 Å². The largest absolute Gasteiger partial charge is 0.355 e. The highest BCUT2D eigenvalue weighted by Crippen LogP contribution is 2.71. The van der Waals surface area contributed by atoms with Crippen molar-refractivity contribution in [3.8, 4) is 0 Å². The standard InChI is InChI=1S/C40H48N6O2/c1-35(2)37(5)19-21-39(35,31-29(37)43-25-15-9-11-17-27(25)45-31)33(47)41-23-13-7-8-14-24-42-34(48)40-22-20-38(6,36(40,3)4)30-32(40)46-28-18-12-10-16-26(28)44-30/h9-12,15-18H,7-8,13-14,19-24H2,1-6H3,(H,41,47)(H,42,48). The van der Waals surface area contributed by atoms with Gasteiger partial charge in [-0.25, -0.2) is 19.9 Å². The van der Waals surface area contributed by atoms with Crippen LogP contribution in [0, 0.1) is 10.8 Å². The molecule has 8 nitrogen and oxygen atoms in total. The molecule has 2 saturated carbocycles. The van der Waals surface area contributed by atoms with Gasteiger partial charge in [0.2, 0.25) is 11.8 Å². The number of unbranched alkanes of at least 4 members (excludes halogenated alkanes) is 3. The van der Waals surface area contributed by atoms with Crippen LogP contribution in [0.15, 0.2) is 48.5 Å². The average molecular weight is 645 g/mol. The Morgan fingerprint density at radius 3 is 1.21 bits per heavy atom. The highest BCUT2D eigenvalue weighted by Gasteiger charge is 2.74. The molecule has 4 aliphatic rings. The van der Waals surface area contributed by atoms with Gasteiger partial charge in [0.1, 0.15) is 0 Å². The molecule has 8 heteroatoms.